The molecule has 0 aliphatic rings. The number of aromatic nitrogens is 1. The number of rotatable bonds is 13. The molecular weight excluding hydrogens is 466 g/mol. The molecule has 180 valence electrons. The number of ether oxygens (including phenoxy) is 2. The minimum atomic E-state index is -3.95. The first-order valence-corrected chi connectivity index (χ1v) is 12.7. The summed E-state index contributed by atoms with van der Waals surface area (Å²) in [6.45, 7) is 2.75. The van der Waals surface area contributed by atoms with E-state index in [0.29, 0.717) is 23.7 Å². The highest BCUT2D eigenvalue weighted by atomic mass is 32.2. The molecule has 1 aromatic carbocycles. The molecule has 1 aromatic heterocycles. The number of carbonyl (C=O) groups is 2. The van der Waals surface area contributed by atoms with Crippen LogP contribution >= 0.6 is 11.8 Å². The van der Waals surface area contributed by atoms with Gasteiger partial charge in [-0.15, -0.1) is 0 Å². The molecule has 0 fully saturated rings. The highest BCUT2D eigenvalue weighted by Gasteiger charge is 2.18. The standard InChI is InChI=1S/C22H29N3O6S2/c1-16(26)32-15-19(27)17-7-10-22(23-14-17)24-33(28,29)18-8-9-20(30-4)21(13-18)31-12-6-5-11-25(2)3/h7-10,13-14H,5-6,11-12,15H2,1-4H3,(H,23,24). The molecule has 2 aromatic rings. The lowest BCUT2D eigenvalue weighted by molar-refractivity contribution is -0.109. The van der Waals surface area contributed by atoms with Gasteiger partial charge in [0, 0.05) is 24.8 Å². The Morgan fingerprint density at radius 1 is 1.12 bits per heavy atom. The first-order valence-electron chi connectivity index (χ1n) is 10.2. The molecule has 0 radical (unpaired) electrons. The molecule has 11 heteroatoms. The second kappa shape index (κ2) is 12.6. The predicted octanol–water partition coefficient (Wildman–Crippen LogP) is 3.07. The van der Waals surface area contributed by atoms with Crippen LogP contribution in [0, 0.1) is 0 Å². The van der Waals surface area contributed by atoms with E-state index in [1.54, 1.807) is 0 Å². The molecule has 0 atom stereocenters. The van der Waals surface area contributed by atoms with Gasteiger partial charge < -0.3 is 14.4 Å². The zero-order chi connectivity index (χ0) is 24.4. The fraction of sp³-hybridized carbons (Fsp3) is 0.409. The Morgan fingerprint density at radius 2 is 1.88 bits per heavy atom. The number of methoxy groups -OCH3 is 1. The van der Waals surface area contributed by atoms with Crippen molar-refractivity contribution in [3.05, 3.63) is 42.1 Å². The molecule has 1 heterocycles. The number of ketones is 1. The number of hydrogen-bond acceptors (Lipinski definition) is 9. The molecule has 33 heavy (non-hydrogen) atoms. The van der Waals surface area contributed by atoms with Gasteiger partial charge in [0.15, 0.2) is 22.4 Å². The van der Waals surface area contributed by atoms with Crippen LogP contribution in [-0.4, -0.2) is 69.3 Å². The van der Waals surface area contributed by atoms with Crippen molar-refractivity contribution in [1.29, 1.82) is 0 Å². The third-order valence-corrected chi connectivity index (χ3v) is 6.60. The lowest BCUT2D eigenvalue weighted by Gasteiger charge is -2.14. The molecule has 0 saturated heterocycles. The second-order valence-corrected chi connectivity index (χ2v) is 10.2. The Labute approximate surface area is 198 Å². The summed E-state index contributed by atoms with van der Waals surface area (Å²) in [6, 6.07) is 7.21. The third kappa shape index (κ3) is 8.67. The maximum absolute atomic E-state index is 12.8. The molecule has 9 nitrogen and oxygen atoms in total. The highest BCUT2D eigenvalue weighted by molar-refractivity contribution is 8.14. The minimum absolute atomic E-state index is 0.00581. The zero-order valence-corrected chi connectivity index (χ0v) is 20.8. The lowest BCUT2D eigenvalue weighted by atomic mass is 10.2. The Morgan fingerprint density at radius 3 is 2.48 bits per heavy atom. The van der Waals surface area contributed by atoms with Crippen LogP contribution in [0.5, 0.6) is 11.5 Å². The Bertz CT molecular complexity index is 1060. The van der Waals surface area contributed by atoms with Crippen LogP contribution in [-0.2, 0) is 14.8 Å². The first-order chi connectivity index (χ1) is 15.6. The summed E-state index contributed by atoms with van der Waals surface area (Å²) in [5, 5.41) is -0.155. The van der Waals surface area contributed by atoms with Gasteiger partial charge in [-0.1, -0.05) is 11.8 Å². The maximum atomic E-state index is 12.8. The summed E-state index contributed by atoms with van der Waals surface area (Å²) >= 11 is 0.907. The zero-order valence-electron chi connectivity index (χ0n) is 19.2. The number of unbranched alkanes of at least 4 members (excludes halogenated alkanes) is 1. The normalized spacial score (nSPS) is 11.3. The van der Waals surface area contributed by atoms with Crippen molar-refractivity contribution < 1.29 is 27.5 Å². The molecule has 0 bridgehead atoms. The molecule has 0 unspecified atom stereocenters. The van der Waals surface area contributed by atoms with E-state index in [4.69, 9.17) is 9.47 Å². The molecular formula is C22H29N3O6S2. The smallest absolute Gasteiger partial charge is 0.263 e. The van der Waals surface area contributed by atoms with Crippen LogP contribution in [0.25, 0.3) is 0 Å². The van der Waals surface area contributed by atoms with Crippen LogP contribution in [0.1, 0.15) is 30.1 Å². The van der Waals surface area contributed by atoms with Gasteiger partial charge in [-0.2, -0.15) is 0 Å². The fourth-order valence-electron chi connectivity index (χ4n) is 2.72. The van der Waals surface area contributed by atoms with E-state index in [0.717, 1.165) is 31.1 Å². The van der Waals surface area contributed by atoms with Crippen LogP contribution < -0.4 is 14.2 Å². The number of nitrogens with one attached hydrogen (secondary N) is 1. The number of pyridine rings is 1. The van der Waals surface area contributed by atoms with Gasteiger partial charge in [0.2, 0.25) is 0 Å². The van der Waals surface area contributed by atoms with Crippen LogP contribution in [0.4, 0.5) is 5.82 Å². The van der Waals surface area contributed by atoms with E-state index in [9.17, 15) is 18.0 Å². The molecule has 1 N–H and O–H groups in total. The van der Waals surface area contributed by atoms with Gasteiger partial charge >= 0.3 is 0 Å². The minimum Gasteiger partial charge on any atom is -0.493 e. The Kier molecular flexibility index (Phi) is 10.1. The first kappa shape index (κ1) is 26.6. The summed E-state index contributed by atoms with van der Waals surface area (Å²) in [5.74, 6) is 0.576. The fourth-order valence-corrected chi connectivity index (χ4v) is 4.24. The molecule has 0 aliphatic heterocycles. The Balaban J connectivity index is 2.07. The molecule has 0 spiro atoms. The second-order valence-electron chi connectivity index (χ2n) is 7.41. The lowest BCUT2D eigenvalue weighted by Crippen LogP contribution is -2.15. The molecule has 0 amide bonds. The van der Waals surface area contributed by atoms with Gasteiger partial charge in [-0.3, -0.25) is 14.3 Å². The highest BCUT2D eigenvalue weighted by Crippen LogP contribution is 2.30. The van der Waals surface area contributed by atoms with Crippen molar-refractivity contribution in [1.82, 2.24) is 9.88 Å². The number of sulfonamides is 1. The van der Waals surface area contributed by atoms with Crippen molar-refractivity contribution in [2.75, 3.05) is 44.8 Å². The number of carbonyl (C=O) groups excluding carboxylic acids is 2. The van der Waals surface area contributed by atoms with Crippen LogP contribution in [0.3, 0.4) is 0 Å². The SMILES string of the molecule is COc1ccc(S(=O)(=O)Nc2ccc(C(=O)CSC(C)=O)cn2)cc1OCCCCN(C)C. The number of Topliss-reactive ketones (excluding diaryl/α,β-unsaturated/α-hetero) is 1. The van der Waals surface area contributed by atoms with E-state index in [1.165, 1.54) is 50.6 Å². The quantitative estimate of drug-likeness (QED) is 0.331. The van der Waals surface area contributed by atoms with Crippen molar-refractivity contribution in [3.8, 4) is 11.5 Å². The van der Waals surface area contributed by atoms with Crippen molar-refractivity contribution >= 4 is 38.5 Å². The van der Waals surface area contributed by atoms with Crippen LogP contribution in [0.15, 0.2) is 41.4 Å². The van der Waals surface area contributed by atoms with Gasteiger partial charge in [-0.05, 0) is 57.7 Å². The summed E-state index contributed by atoms with van der Waals surface area (Å²) in [7, 11) is 1.54. The van der Waals surface area contributed by atoms with Gasteiger partial charge in [0.1, 0.15) is 5.82 Å². The summed E-state index contributed by atoms with van der Waals surface area (Å²) in [5.41, 5.74) is 0.293. The van der Waals surface area contributed by atoms with E-state index in [1.807, 2.05) is 14.1 Å². The number of nitrogens with zero attached hydrogens (tertiary/aromatic N) is 2. The number of anilines is 1. The number of thioether (sulfide) groups is 1. The van der Waals surface area contributed by atoms with Gasteiger partial charge in [0.25, 0.3) is 10.0 Å². The third-order valence-electron chi connectivity index (χ3n) is 4.43. The van der Waals surface area contributed by atoms with E-state index in [2.05, 4.69) is 14.6 Å². The molecule has 0 aliphatic carbocycles. The molecule has 0 saturated carbocycles. The predicted molar refractivity (Wildman–Crippen MR) is 129 cm³/mol. The summed E-state index contributed by atoms with van der Waals surface area (Å²) in [6.07, 6.45) is 3.04. The summed E-state index contributed by atoms with van der Waals surface area (Å²) < 4.78 is 39.1. The van der Waals surface area contributed by atoms with E-state index >= 15 is 0 Å². The van der Waals surface area contributed by atoms with Crippen molar-refractivity contribution in [2.45, 2.75) is 24.7 Å². The monoisotopic (exact) mass is 495 g/mol. The molecule has 2 rings (SSSR count). The largest absolute Gasteiger partial charge is 0.493 e. The Hall–Kier alpha value is -2.63. The maximum Gasteiger partial charge on any atom is 0.263 e. The topological polar surface area (TPSA) is 115 Å². The van der Waals surface area contributed by atoms with E-state index < -0.39 is 10.0 Å². The van der Waals surface area contributed by atoms with E-state index in [-0.39, 0.29) is 27.4 Å². The van der Waals surface area contributed by atoms with Crippen LogP contribution in [0.2, 0.25) is 0 Å². The van der Waals surface area contributed by atoms with Crippen molar-refractivity contribution in [2.24, 2.45) is 0 Å². The number of benzene rings is 1. The van der Waals surface area contributed by atoms with Gasteiger partial charge in [-0.25, -0.2) is 13.4 Å². The summed E-state index contributed by atoms with van der Waals surface area (Å²) in [4.78, 5) is 29.1. The average molecular weight is 496 g/mol. The van der Waals surface area contributed by atoms with Gasteiger partial charge in [0.05, 0.1) is 24.4 Å². The number of hydrogen-bond donors (Lipinski definition) is 1. The average Bonchev–Trinajstić information content (AvgIpc) is 2.77. The van der Waals surface area contributed by atoms with Crippen molar-refractivity contribution in [3.63, 3.8) is 0 Å².